The molecule has 1 saturated heterocycles. The van der Waals surface area contributed by atoms with Crippen molar-refractivity contribution in [2.75, 3.05) is 39.5 Å². The summed E-state index contributed by atoms with van der Waals surface area (Å²) in [5.74, 6) is 0.475. The Morgan fingerprint density at radius 1 is 1.24 bits per heavy atom. The van der Waals surface area contributed by atoms with Crippen LogP contribution in [0.4, 0.5) is 0 Å². The smallest absolute Gasteiger partial charge is 0.118 e. The van der Waals surface area contributed by atoms with Crippen LogP contribution in [0.25, 0.3) is 6.08 Å². The fraction of sp³-hybridized carbons (Fsp3) is 0.571. The van der Waals surface area contributed by atoms with Gasteiger partial charge in [-0.05, 0) is 42.9 Å². The molecule has 4 nitrogen and oxygen atoms in total. The van der Waals surface area contributed by atoms with Crippen molar-refractivity contribution in [3.8, 4) is 0 Å². The van der Waals surface area contributed by atoms with Crippen LogP contribution in [0.1, 0.15) is 38.2 Å². The van der Waals surface area contributed by atoms with Crippen LogP contribution >= 0.6 is 0 Å². The van der Waals surface area contributed by atoms with E-state index in [0.29, 0.717) is 12.5 Å². The average Bonchev–Trinajstić information content (AvgIpc) is 2.65. The third-order valence-electron chi connectivity index (χ3n) is 5.00. The van der Waals surface area contributed by atoms with Gasteiger partial charge in [-0.15, -0.1) is 0 Å². The lowest BCUT2D eigenvalue weighted by molar-refractivity contribution is 0.0322. The van der Waals surface area contributed by atoms with Crippen molar-refractivity contribution < 1.29 is 9.57 Å². The summed E-state index contributed by atoms with van der Waals surface area (Å²) in [5.41, 5.74) is 3.71. The highest BCUT2D eigenvalue weighted by Gasteiger charge is 2.21. The second-order valence-electron chi connectivity index (χ2n) is 6.99. The van der Waals surface area contributed by atoms with Crippen LogP contribution in [0.5, 0.6) is 0 Å². The predicted molar refractivity (Wildman–Crippen MR) is 103 cm³/mol. The number of allylic oxidation sites excluding steroid dienone is 1. The Bertz CT molecular complexity index is 577. The first kappa shape index (κ1) is 18.2. The number of benzene rings is 1. The van der Waals surface area contributed by atoms with E-state index in [1.807, 2.05) is 0 Å². The largest absolute Gasteiger partial charge is 0.396 e. The van der Waals surface area contributed by atoms with E-state index >= 15 is 0 Å². The molecule has 4 heteroatoms. The Kier molecular flexibility index (Phi) is 7.07. The highest BCUT2D eigenvalue weighted by Crippen LogP contribution is 2.28. The Hall–Kier alpha value is -1.65. The summed E-state index contributed by atoms with van der Waals surface area (Å²) >= 11 is 0. The highest BCUT2D eigenvalue weighted by molar-refractivity contribution is 6.05. The monoisotopic (exact) mass is 342 g/mol. The zero-order chi connectivity index (χ0) is 17.3. The van der Waals surface area contributed by atoms with E-state index in [1.54, 1.807) is 0 Å². The fourth-order valence-electron chi connectivity index (χ4n) is 3.52. The summed E-state index contributed by atoms with van der Waals surface area (Å²) in [6.07, 6.45) is 6.81. The van der Waals surface area contributed by atoms with Crippen LogP contribution in [-0.4, -0.2) is 50.1 Å². The van der Waals surface area contributed by atoms with Gasteiger partial charge in [0.15, 0.2) is 0 Å². The van der Waals surface area contributed by atoms with Crippen molar-refractivity contribution in [2.45, 2.75) is 32.6 Å². The lowest BCUT2D eigenvalue weighted by Crippen LogP contribution is -2.37. The number of oxime groups is 1. The quantitative estimate of drug-likeness (QED) is 0.579. The highest BCUT2D eigenvalue weighted by atomic mass is 16.6. The van der Waals surface area contributed by atoms with Crippen molar-refractivity contribution in [3.63, 3.8) is 0 Å². The van der Waals surface area contributed by atoms with Crippen molar-refractivity contribution in [3.05, 3.63) is 41.5 Å². The lowest BCUT2D eigenvalue weighted by atomic mass is 9.84. The van der Waals surface area contributed by atoms with Gasteiger partial charge < -0.3 is 9.57 Å². The van der Waals surface area contributed by atoms with Gasteiger partial charge in [-0.1, -0.05) is 42.4 Å². The minimum absolute atomic E-state index is 0.475. The molecule has 0 amide bonds. The molecule has 0 bridgehead atoms. The molecule has 25 heavy (non-hydrogen) atoms. The van der Waals surface area contributed by atoms with Gasteiger partial charge in [0.2, 0.25) is 0 Å². The third-order valence-corrected chi connectivity index (χ3v) is 5.00. The van der Waals surface area contributed by atoms with Crippen LogP contribution in [0.3, 0.4) is 0 Å². The van der Waals surface area contributed by atoms with Crippen molar-refractivity contribution >= 4 is 11.8 Å². The molecule has 1 heterocycles. The summed E-state index contributed by atoms with van der Waals surface area (Å²) in [6.45, 7) is 7.80. The number of morpholine rings is 1. The first-order chi connectivity index (χ1) is 12.3. The van der Waals surface area contributed by atoms with Gasteiger partial charge in [-0.3, -0.25) is 4.90 Å². The second-order valence-corrected chi connectivity index (χ2v) is 6.99. The SMILES string of the molecule is CC1CCCC(=C\c2ccccc2)/C1=N/OCCCN1CCOCC1. The summed E-state index contributed by atoms with van der Waals surface area (Å²) in [4.78, 5) is 8.13. The molecule has 0 N–H and O–H groups in total. The van der Waals surface area contributed by atoms with E-state index in [1.165, 1.54) is 24.0 Å². The van der Waals surface area contributed by atoms with Gasteiger partial charge in [0.1, 0.15) is 6.61 Å². The van der Waals surface area contributed by atoms with Gasteiger partial charge in [0, 0.05) is 25.6 Å². The number of rotatable bonds is 6. The van der Waals surface area contributed by atoms with E-state index in [-0.39, 0.29) is 0 Å². The normalized spacial score (nSPS) is 25.4. The maximum Gasteiger partial charge on any atom is 0.118 e. The molecule has 2 fully saturated rings. The molecule has 1 unspecified atom stereocenters. The van der Waals surface area contributed by atoms with E-state index in [9.17, 15) is 0 Å². The molecule has 1 saturated carbocycles. The van der Waals surface area contributed by atoms with E-state index < -0.39 is 0 Å². The molecule has 136 valence electrons. The molecule has 1 aromatic carbocycles. The standard InChI is InChI=1S/C21H30N2O2/c1-18-7-5-10-20(17-19-8-3-2-4-9-19)21(18)22-25-14-6-11-23-12-15-24-16-13-23/h2-4,8-9,17-18H,5-7,10-16H2,1H3/b20-17+,22-21+. The van der Waals surface area contributed by atoms with Gasteiger partial charge >= 0.3 is 0 Å². The summed E-state index contributed by atoms with van der Waals surface area (Å²) < 4.78 is 5.38. The maximum absolute atomic E-state index is 5.69. The first-order valence-electron chi connectivity index (χ1n) is 9.59. The summed E-state index contributed by atoms with van der Waals surface area (Å²) in [7, 11) is 0. The molecule has 1 atom stereocenters. The average molecular weight is 342 g/mol. The van der Waals surface area contributed by atoms with Gasteiger partial charge in [-0.25, -0.2) is 0 Å². The molecular formula is C21H30N2O2. The number of hydrogen-bond donors (Lipinski definition) is 0. The van der Waals surface area contributed by atoms with Crippen LogP contribution < -0.4 is 0 Å². The molecule has 0 spiro atoms. The predicted octanol–water partition coefficient (Wildman–Crippen LogP) is 3.98. The molecule has 2 aliphatic rings. The van der Waals surface area contributed by atoms with Crippen LogP contribution in [0, 0.1) is 5.92 Å². The molecule has 3 rings (SSSR count). The number of nitrogens with zero attached hydrogens (tertiary/aromatic N) is 2. The minimum atomic E-state index is 0.475. The van der Waals surface area contributed by atoms with Gasteiger partial charge in [0.05, 0.1) is 18.9 Å². The molecule has 1 aromatic rings. The molecule has 0 aromatic heterocycles. The molecule has 1 aliphatic carbocycles. The summed E-state index contributed by atoms with van der Waals surface area (Å²) in [5, 5.41) is 4.53. The first-order valence-corrected chi connectivity index (χ1v) is 9.59. The maximum atomic E-state index is 5.69. The van der Waals surface area contributed by atoms with E-state index in [0.717, 1.165) is 51.4 Å². The Balaban J connectivity index is 1.53. The zero-order valence-corrected chi connectivity index (χ0v) is 15.3. The Morgan fingerprint density at radius 3 is 2.84 bits per heavy atom. The second kappa shape index (κ2) is 9.73. The molecular weight excluding hydrogens is 312 g/mol. The zero-order valence-electron chi connectivity index (χ0n) is 15.3. The van der Waals surface area contributed by atoms with Crippen molar-refractivity contribution in [1.82, 2.24) is 4.90 Å². The molecule has 0 radical (unpaired) electrons. The summed E-state index contributed by atoms with van der Waals surface area (Å²) in [6, 6.07) is 10.5. The fourth-order valence-corrected chi connectivity index (χ4v) is 3.52. The Labute approximate surface area is 151 Å². The van der Waals surface area contributed by atoms with E-state index in [4.69, 9.17) is 9.57 Å². The van der Waals surface area contributed by atoms with Crippen LogP contribution in [0.2, 0.25) is 0 Å². The number of hydrogen-bond acceptors (Lipinski definition) is 4. The molecule has 1 aliphatic heterocycles. The minimum Gasteiger partial charge on any atom is -0.396 e. The third kappa shape index (κ3) is 5.68. The topological polar surface area (TPSA) is 34.1 Å². The number of ether oxygens (including phenoxy) is 1. The van der Waals surface area contributed by atoms with E-state index in [2.05, 4.69) is 53.4 Å². The van der Waals surface area contributed by atoms with Crippen LogP contribution in [-0.2, 0) is 9.57 Å². The Morgan fingerprint density at radius 2 is 2.04 bits per heavy atom. The lowest BCUT2D eigenvalue weighted by Gasteiger charge is -2.26. The van der Waals surface area contributed by atoms with Gasteiger partial charge in [0.25, 0.3) is 0 Å². The van der Waals surface area contributed by atoms with Crippen molar-refractivity contribution in [1.29, 1.82) is 0 Å². The van der Waals surface area contributed by atoms with Crippen molar-refractivity contribution in [2.24, 2.45) is 11.1 Å². The van der Waals surface area contributed by atoms with Crippen LogP contribution in [0.15, 0.2) is 41.1 Å². The van der Waals surface area contributed by atoms with Gasteiger partial charge in [-0.2, -0.15) is 0 Å².